The van der Waals surface area contributed by atoms with Gasteiger partial charge in [0.25, 0.3) is 5.91 Å². The van der Waals surface area contributed by atoms with Crippen molar-refractivity contribution in [3.63, 3.8) is 0 Å². The molecule has 1 amide bonds. The summed E-state index contributed by atoms with van der Waals surface area (Å²) in [5.41, 5.74) is 4.90. The number of ether oxygens (including phenoxy) is 1. The average molecular weight is 410 g/mol. The fraction of sp³-hybridized carbons (Fsp3) is 0.273. The van der Waals surface area contributed by atoms with E-state index < -0.39 is 5.97 Å². The summed E-state index contributed by atoms with van der Waals surface area (Å²) in [5, 5.41) is 5.45. The van der Waals surface area contributed by atoms with Crippen LogP contribution >= 0.6 is 11.3 Å². The van der Waals surface area contributed by atoms with Gasteiger partial charge in [0, 0.05) is 23.3 Å². The molecule has 0 fully saturated rings. The minimum atomic E-state index is -0.484. The van der Waals surface area contributed by atoms with Gasteiger partial charge in [-0.2, -0.15) is 0 Å². The van der Waals surface area contributed by atoms with Crippen LogP contribution in [0.2, 0.25) is 0 Å². The molecule has 0 aliphatic carbocycles. The normalized spacial score (nSPS) is 11.7. The molecule has 1 atom stereocenters. The second-order valence-electron chi connectivity index (χ2n) is 6.86. The maximum absolute atomic E-state index is 12.1. The second-order valence-corrected chi connectivity index (χ2v) is 7.71. The third kappa shape index (κ3) is 5.71. The summed E-state index contributed by atoms with van der Waals surface area (Å²) in [6, 6.07) is 9.65. The number of esters is 1. The summed E-state index contributed by atoms with van der Waals surface area (Å²) in [5.74, 6) is -0.819. The van der Waals surface area contributed by atoms with E-state index in [-0.39, 0.29) is 25.0 Å². The highest BCUT2D eigenvalue weighted by Gasteiger charge is 2.14. The van der Waals surface area contributed by atoms with Crippen molar-refractivity contribution in [2.45, 2.75) is 33.2 Å². The highest BCUT2D eigenvalue weighted by molar-refractivity contribution is 7.13. The molecule has 7 heteroatoms. The largest absolute Gasteiger partial charge is 0.455 e. The predicted octanol–water partition coefficient (Wildman–Crippen LogP) is 3.79. The first kappa shape index (κ1) is 20.7. The molecule has 1 N–H and O–H groups in total. The van der Waals surface area contributed by atoms with Gasteiger partial charge in [-0.1, -0.05) is 18.2 Å². The first-order valence-corrected chi connectivity index (χ1v) is 10.2. The molecule has 0 aliphatic heterocycles. The Balaban J connectivity index is 1.47. The molecular weight excluding hydrogens is 386 g/mol. The molecule has 0 saturated heterocycles. The van der Waals surface area contributed by atoms with Gasteiger partial charge in [0.2, 0.25) is 0 Å². The molecule has 1 aromatic carbocycles. The summed E-state index contributed by atoms with van der Waals surface area (Å²) >= 11 is 1.44. The number of nitrogens with one attached hydrogen (secondary N) is 1. The third-order valence-electron chi connectivity index (χ3n) is 4.56. The van der Waals surface area contributed by atoms with E-state index in [2.05, 4.69) is 15.3 Å². The monoisotopic (exact) mass is 409 g/mol. The van der Waals surface area contributed by atoms with Crippen LogP contribution in [0.25, 0.3) is 10.6 Å². The van der Waals surface area contributed by atoms with Crippen LogP contribution in [0.4, 0.5) is 0 Å². The number of thiazole rings is 1. The summed E-state index contributed by atoms with van der Waals surface area (Å²) < 4.78 is 5.10. The number of carbonyl (C=O) groups is 2. The van der Waals surface area contributed by atoms with Crippen LogP contribution in [-0.2, 0) is 20.7 Å². The first-order valence-electron chi connectivity index (χ1n) is 9.29. The Labute approximate surface area is 174 Å². The van der Waals surface area contributed by atoms with E-state index in [0.29, 0.717) is 5.69 Å². The van der Waals surface area contributed by atoms with Crippen molar-refractivity contribution >= 4 is 23.2 Å². The molecule has 2 aromatic heterocycles. The third-order valence-corrected chi connectivity index (χ3v) is 5.50. The van der Waals surface area contributed by atoms with Crippen LogP contribution in [0.15, 0.2) is 48.1 Å². The fourth-order valence-electron chi connectivity index (χ4n) is 2.76. The van der Waals surface area contributed by atoms with Crippen LogP contribution in [0, 0.1) is 13.8 Å². The fourth-order valence-corrected chi connectivity index (χ4v) is 3.57. The maximum Gasteiger partial charge on any atom is 0.312 e. The van der Waals surface area contributed by atoms with E-state index in [0.717, 1.165) is 16.1 Å². The van der Waals surface area contributed by atoms with Gasteiger partial charge in [0.05, 0.1) is 18.2 Å². The number of amides is 1. The quantitative estimate of drug-likeness (QED) is 0.601. The van der Waals surface area contributed by atoms with E-state index >= 15 is 0 Å². The number of hydrogen-bond donors (Lipinski definition) is 1. The Morgan fingerprint density at radius 2 is 2.03 bits per heavy atom. The van der Waals surface area contributed by atoms with Crippen molar-refractivity contribution in [1.82, 2.24) is 15.3 Å². The van der Waals surface area contributed by atoms with Gasteiger partial charge in [-0.15, -0.1) is 11.3 Å². The number of hydrogen-bond acceptors (Lipinski definition) is 6. The lowest BCUT2D eigenvalue weighted by Crippen LogP contribution is -2.31. The van der Waals surface area contributed by atoms with E-state index in [9.17, 15) is 9.59 Å². The molecule has 150 valence electrons. The van der Waals surface area contributed by atoms with Crippen molar-refractivity contribution in [1.29, 1.82) is 0 Å². The Morgan fingerprint density at radius 3 is 2.76 bits per heavy atom. The van der Waals surface area contributed by atoms with Gasteiger partial charge >= 0.3 is 5.97 Å². The lowest BCUT2D eigenvalue weighted by atomic mass is 10.0. The highest BCUT2D eigenvalue weighted by atomic mass is 32.1. The molecule has 6 nitrogen and oxygen atoms in total. The zero-order valence-corrected chi connectivity index (χ0v) is 17.5. The lowest BCUT2D eigenvalue weighted by Gasteiger charge is -2.15. The zero-order chi connectivity index (χ0) is 20.8. The highest BCUT2D eigenvalue weighted by Crippen LogP contribution is 2.23. The summed E-state index contributed by atoms with van der Waals surface area (Å²) in [6.07, 6.45) is 3.44. The van der Waals surface area contributed by atoms with E-state index in [1.54, 1.807) is 12.4 Å². The van der Waals surface area contributed by atoms with Crippen molar-refractivity contribution in [3.8, 4) is 10.6 Å². The number of aryl methyl sites for hydroxylation is 2. The van der Waals surface area contributed by atoms with Gasteiger partial charge in [0.15, 0.2) is 6.61 Å². The van der Waals surface area contributed by atoms with E-state index in [1.807, 2.05) is 56.5 Å². The van der Waals surface area contributed by atoms with Crippen LogP contribution in [-0.4, -0.2) is 28.5 Å². The van der Waals surface area contributed by atoms with Crippen molar-refractivity contribution in [2.75, 3.05) is 6.61 Å². The lowest BCUT2D eigenvalue weighted by molar-refractivity contribution is -0.148. The van der Waals surface area contributed by atoms with E-state index in [1.165, 1.54) is 22.5 Å². The molecule has 29 heavy (non-hydrogen) atoms. The number of carbonyl (C=O) groups excluding carboxylic acids is 2. The Bertz CT molecular complexity index is 1000. The number of benzene rings is 1. The number of aromatic nitrogens is 2. The van der Waals surface area contributed by atoms with Crippen LogP contribution in [0.1, 0.15) is 35.3 Å². The van der Waals surface area contributed by atoms with E-state index in [4.69, 9.17) is 4.74 Å². The number of pyridine rings is 1. The number of nitrogens with zero attached hydrogens (tertiary/aromatic N) is 2. The maximum atomic E-state index is 12.1. The minimum Gasteiger partial charge on any atom is -0.455 e. The molecule has 0 unspecified atom stereocenters. The summed E-state index contributed by atoms with van der Waals surface area (Å²) in [6.45, 7) is 5.67. The van der Waals surface area contributed by atoms with Gasteiger partial charge < -0.3 is 10.1 Å². The van der Waals surface area contributed by atoms with Gasteiger partial charge in [-0.05, 0) is 49.6 Å². The molecule has 0 spiro atoms. The molecule has 3 aromatic rings. The summed E-state index contributed by atoms with van der Waals surface area (Å²) in [7, 11) is 0. The average Bonchev–Trinajstić information content (AvgIpc) is 3.17. The Hall–Kier alpha value is -3.06. The van der Waals surface area contributed by atoms with Crippen LogP contribution < -0.4 is 5.32 Å². The molecular formula is C22H23N3O3S. The van der Waals surface area contributed by atoms with Gasteiger partial charge in [-0.25, -0.2) is 4.98 Å². The molecule has 0 saturated carbocycles. The van der Waals surface area contributed by atoms with Crippen molar-refractivity contribution in [3.05, 3.63) is 70.5 Å². The molecule has 3 rings (SSSR count). The SMILES string of the molecule is Cc1ccc([C@H](C)NC(=O)COC(=O)Cc2csc(-c3cccnc3)n2)cc1C. The van der Waals surface area contributed by atoms with Crippen LogP contribution in [0.5, 0.6) is 0 Å². The number of rotatable bonds is 7. The minimum absolute atomic E-state index is 0.0246. The Morgan fingerprint density at radius 1 is 1.21 bits per heavy atom. The smallest absolute Gasteiger partial charge is 0.312 e. The molecule has 0 aliphatic rings. The Kier molecular flexibility index (Phi) is 6.72. The molecule has 0 bridgehead atoms. The molecule has 2 heterocycles. The van der Waals surface area contributed by atoms with Gasteiger partial charge in [0.1, 0.15) is 5.01 Å². The topological polar surface area (TPSA) is 81.2 Å². The van der Waals surface area contributed by atoms with Gasteiger partial charge in [-0.3, -0.25) is 14.6 Å². The van der Waals surface area contributed by atoms with Crippen molar-refractivity contribution < 1.29 is 14.3 Å². The van der Waals surface area contributed by atoms with Crippen LogP contribution in [0.3, 0.4) is 0 Å². The second kappa shape index (κ2) is 9.43. The standard InChI is InChI=1S/C22H23N3O3S/c1-14-6-7-17(9-15(14)2)16(3)24-20(26)12-28-21(27)10-19-13-29-22(25-19)18-5-4-8-23-11-18/h4-9,11,13,16H,10,12H2,1-3H3,(H,24,26)/t16-/m0/s1. The first-order chi connectivity index (χ1) is 13.9. The zero-order valence-electron chi connectivity index (χ0n) is 16.6. The van der Waals surface area contributed by atoms with Crippen molar-refractivity contribution in [2.24, 2.45) is 0 Å². The summed E-state index contributed by atoms with van der Waals surface area (Å²) in [4.78, 5) is 32.7. The molecule has 0 radical (unpaired) electrons. The predicted molar refractivity (Wildman–Crippen MR) is 112 cm³/mol.